The van der Waals surface area contributed by atoms with Crippen LogP contribution >= 0.6 is 23.2 Å². The molecule has 2 N–H and O–H groups in total. The zero-order valence-electron chi connectivity index (χ0n) is 22.1. The third-order valence-electron chi connectivity index (χ3n) is 6.92. The molecule has 0 bridgehead atoms. The maximum atomic E-state index is 11.1. The number of carbonyl (C=O) groups is 1. The lowest BCUT2D eigenvalue weighted by Crippen LogP contribution is -2.21. The van der Waals surface area contributed by atoms with Crippen molar-refractivity contribution in [2.45, 2.75) is 19.5 Å². The van der Waals surface area contributed by atoms with Gasteiger partial charge in [0.2, 0.25) is 11.8 Å². The Hall–Kier alpha value is -3.63. The van der Waals surface area contributed by atoms with E-state index >= 15 is 0 Å². The van der Waals surface area contributed by atoms with Gasteiger partial charge in [0.1, 0.15) is 17.7 Å². The first-order valence-electron chi connectivity index (χ1n) is 12.7. The van der Waals surface area contributed by atoms with Gasteiger partial charge in [-0.3, -0.25) is 14.9 Å². The van der Waals surface area contributed by atoms with Crippen LogP contribution in [0.25, 0.3) is 33.6 Å². The van der Waals surface area contributed by atoms with E-state index in [-0.39, 0.29) is 12.5 Å². The molecule has 0 amide bonds. The molecule has 1 aliphatic rings. The van der Waals surface area contributed by atoms with Crippen molar-refractivity contribution in [3.05, 3.63) is 70.2 Å². The van der Waals surface area contributed by atoms with E-state index in [1.165, 1.54) is 7.11 Å². The van der Waals surface area contributed by atoms with Crippen molar-refractivity contribution in [2.75, 3.05) is 27.3 Å². The molecule has 1 aliphatic heterocycles. The van der Waals surface area contributed by atoms with Gasteiger partial charge in [0.25, 0.3) is 0 Å². The maximum Gasteiger partial charge on any atom is 0.237 e. The zero-order chi connectivity index (χ0) is 28.2. The number of hydrogen-bond donors (Lipinski definition) is 1. The predicted molar refractivity (Wildman–Crippen MR) is 154 cm³/mol. The van der Waals surface area contributed by atoms with Crippen molar-refractivity contribution in [1.82, 2.24) is 24.8 Å². The summed E-state index contributed by atoms with van der Waals surface area (Å²) >= 11 is 13.9. The van der Waals surface area contributed by atoms with E-state index in [1.54, 1.807) is 19.5 Å². The van der Waals surface area contributed by atoms with Gasteiger partial charge in [-0.1, -0.05) is 59.6 Å². The Morgan fingerprint density at radius 2 is 1.43 bits per heavy atom. The first-order chi connectivity index (χ1) is 19.5. The van der Waals surface area contributed by atoms with Crippen molar-refractivity contribution < 1.29 is 14.3 Å². The van der Waals surface area contributed by atoms with E-state index in [0.29, 0.717) is 68.8 Å². The molecule has 1 fully saturated rings. The van der Waals surface area contributed by atoms with Crippen LogP contribution in [0.1, 0.15) is 17.8 Å². The molecule has 0 saturated carbocycles. The number of rotatable bonds is 9. The molecule has 4 aromatic rings. The molecule has 40 heavy (non-hydrogen) atoms. The number of aromatic nitrogens is 4. The molecule has 1 saturated heterocycles. The molecule has 2 aromatic heterocycles. The van der Waals surface area contributed by atoms with Crippen molar-refractivity contribution in [3.63, 3.8) is 0 Å². The molecule has 9 nitrogen and oxygen atoms in total. The van der Waals surface area contributed by atoms with Gasteiger partial charge >= 0.3 is 0 Å². The topological polar surface area (TPSA) is 116 Å². The second-order valence-corrected chi connectivity index (χ2v) is 10.1. The van der Waals surface area contributed by atoms with E-state index in [4.69, 9.17) is 43.4 Å². The minimum absolute atomic E-state index is 0.0597. The SMILES string of the molecule is COc1nc(-c2cccc(-c3cccc(-c4cnc(CN5CCC(C=O)C5)c(OC)n4)c3Cl)c2Cl)cnc1CN. The van der Waals surface area contributed by atoms with Crippen molar-refractivity contribution in [2.24, 2.45) is 11.7 Å². The summed E-state index contributed by atoms with van der Waals surface area (Å²) in [6.45, 7) is 2.30. The molecular formula is C29H28Cl2N6O3. The van der Waals surface area contributed by atoms with Gasteiger partial charge in [-0.15, -0.1) is 0 Å². The summed E-state index contributed by atoms with van der Waals surface area (Å²) < 4.78 is 10.9. The Bertz CT molecular complexity index is 1550. The number of carbonyl (C=O) groups excluding carboxylic acids is 1. The normalized spacial score (nSPS) is 15.3. The summed E-state index contributed by atoms with van der Waals surface area (Å²) in [7, 11) is 3.09. The Morgan fingerprint density at radius 1 is 0.900 bits per heavy atom. The summed E-state index contributed by atoms with van der Waals surface area (Å²) in [5, 5.41) is 0.942. The third kappa shape index (κ3) is 5.51. The van der Waals surface area contributed by atoms with E-state index in [0.717, 1.165) is 30.4 Å². The highest BCUT2D eigenvalue weighted by molar-refractivity contribution is 6.39. The van der Waals surface area contributed by atoms with Crippen molar-refractivity contribution >= 4 is 29.5 Å². The zero-order valence-corrected chi connectivity index (χ0v) is 23.6. The van der Waals surface area contributed by atoms with Crippen LogP contribution in [0.4, 0.5) is 0 Å². The smallest absolute Gasteiger partial charge is 0.237 e. The number of methoxy groups -OCH3 is 2. The fraction of sp³-hybridized carbons (Fsp3) is 0.276. The van der Waals surface area contributed by atoms with E-state index in [2.05, 4.69) is 19.9 Å². The summed E-state index contributed by atoms with van der Waals surface area (Å²) in [6.07, 6.45) is 5.18. The van der Waals surface area contributed by atoms with Gasteiger partial charge in [-0.25, -0.2) is 9.97 Å². The molecule has 2 aromatic carbocycles. The Labute approximate surface area is 242 Å². The average molecular weight is 579 g/mol. The molecule has 206 valence electrons. The lowest BCUT2D eigenvalue weighted by Gasteiger charge is -2.17. The van der Waals surface area contributed by atoms with Crippen molar-refractivity contribution in [3.8, 4) is 45.4 Å². The van der Waals surface area contributed by atoms with Crippen LogP contribution < -0.4 is 15.2 Å². The first kappa shape index (κ1) is 27.9. The number of likely N-dealkylation sites (tertiary alicyclic amines) is 1. The molecule has 5 rings (SSSR count). The number of halogens is 2. The molecule has 3 heterocycles. The van der Waals surface area contributed by atoms with E-state index < -0.39 is 0 Å². The molecular weight excluding hydrogens is 551 g/mol. The maximum absolute atomic E-state index is 11.1. The van der Waals surface area contributed by atoms with Crippen molar-refractivity contribution in [1.29, 1.82) is 0 Å². The number of hydrogen-bond acceptors (Lipinski definition) is 9. The lowest BCUT2D eigenvalue weighted by molar-refractivity contribution is -0.110. The number of nitrogens with zero attached hydrogens (tertiary/aromatic N) is 5. The lowest BCUT2D eigenvalue weighted by atomic mass is 9.98. The van der Waals surface area contributed by atoms with Crippen LogP contribution in [0.15, 0.2) is 48.8 Å². The van der Waals surface area contributed by atoms with Gasteiger partial charge in [-0.05, 0) is 13.0 Å². The van der Waals surface area contributed by atoms with Gasteiger partial charge in [0.15, 0.2) is 0 Å². The summed E-state index contributed by atoms with van der Waals surface area (Å²) in [5.74, 6) is 0.831. The molecule has 0 radical (unpaired) electrons. The van der Waals surface area contributed by atoms with Crippen LogP contribution in [-0.2, 0) is 17.9 Å². The third-order valence-corrected chi connectivity index (χ3v) is 7.73. The van der Waals surface area contributed by atoms with Gasteiger partial charge in [0, 0.05) is 47.8 Å². The highest BCUT2D eigenvalue weighted by atomic mass is 35.5. The standard InChI is InChI=1S/C29H28Cl2N6O3/c1-39-28-22(11-32)33-12-23(35-28)20-7-3-5-18(26(20)30)19-6-4-8-21(27(19)31)24-13-34-25(29(36-24)40-2)15-37-10-9-17(14-37)16-38/h3-8,12-13,16-17H,9-11,14-15,32H2,1-2H3. The number of aldehydes is 1. The number of benzene rings is 2. The monoisotopic (exact) mass is 578 g/mol. The Morgan fingerprint density at radius 3 is 1.93 bits per heavy atom. The highest BCUT2D eigenvalue weighted by Crippen LogP contribution is 2.42. The van der Waals surface area contributed by atoms with Gasteiger partial charge < -0.3 is 20.0 Å². The van der Waals surface area contributed by atoms with Crippen LogP contribution in [0.2, 0.25) is 10.0 Å². The number of nitrogens with two attached hydrogens (primary N) is 1. The fourth-order valence-electron chi connectivity index (χ4n) is 4.83. The second kappa shape index (κ2) is 12.3. The minimum atomic E-state index is 0.0597. The van der Waals surface area contributed by atoms with Gasteiger partial charge in [0.05, 0.1) is 48.0 Å². The fourth-order valence-corrected chi connectivity index (χ4v) is 5.48. The highest BCUT2D eigenvalue weighted by Gasteiger charge is 2.24. The second-order valence-electron chi connectivity index (χ2n) is 9.38. The Balaban J connectivity index is 1.49. The van der Waals surface area contributed by atoms with Crippen LogP contribution in [0.3, 0.4) is 0 Å². The number of ether oxygens (including phenoxy) is 2. The average Bonchev–Trinajstić information content (AvgIpc) is 3.45. The molecule has 1 unspecified atom stereocenters. The van der Waals surface area contributed by atoms with Gasteiger partial charge in [-0.2, -0.15) is 0 Å². The van der Waals surface area contributed by atoms with E-state index in [9.17, 15) is 4.79 Å². The first-order valence-corrected chi connectivity index (χ1v) is 13.5. The minimum Gasteiger partial charge on any atom is -0.480 e. The van der Waals surface area contributed by atoms with Crippen LogP contribution in [-0.4, -0.2) is 58.4 Å². The summed E-state index contributed by atoms with van der Waals surface area (Å²) in [6, 6.07) is 11.3. The molecule has 0 aliphatic carbocycles. The predicted octanol–water partition coefficient (Wildman–Crippen LogP) is 5.07. The van der Waals surface area contributed by atoms with Crippen LogP contribution in [0.5, 0.6) is 11.8 Å². The summed E-state index contributed by atoms with van der Waals surface area (Å²) in [4.78, 5) is 31.6. The Kier molecular flexibility index (Phi) is 8.56. The quantitative estimate of drug-likeness (QED) is 0.271. The largest absolute Gasteiger partial charge is 0.480 e. The molecule has 0 spiro atoms. The summed E-state index contributed by atoms with van der Waals surface area (Å²) in [5.41, 5.74) is 11.0. The molecule has 11 heteroatoms. The van der Waals surface area contributed by atoms with Crippen LogP contribution in [0, 0.1) is 5.92 Å². The van der Waals surface area contributed by atoms with E-state index in [1.807, 2.05) is 36.4 Å². The molecule has 1 atom stereocenters.